The first-order chi connectivity index (χ1) is 13.6. The van der Waals surface area contributed by atoms with Crippen molar-refractivity contribution >= 4 is 17.7 Å². The van der Waals surface area contributed by atoms with Crippen LogP contribution in [0.15, 0.2) is 17.2 Å². The number of carbonyl (C=O) groups excluding carboxylic acids is 1. The Balaban J connectivity index is 1.53. The standard InChI is InChI=1S/C22H30N4OS/c1-3-5-19-16-10-17(20-6-4-7-21(27)26(19)20)13-25(12-16)14-18-9-8-15(11-23)22(24-18)28-2/h8-9,16-17,19-20H,3-7,10,12-14H2,1-2H3/t16-,17+,19-,20-/m0/s1. The molecule has 5 nitrogen and oxygen atoms in total. The van der Waals surface area contributed by atoms with Gasteiger partial charge in [-0.05, 0) is 55.9 Å². The number of rotatable bonds is 5. The smallest absolute Gasteiger partial charge is 0.223 e. The molecule has 2 bridgehead atoms. The number of hydrogen-bond acceptors (Lipinski definition) is 5. The van der Waals surface area contributed by atoms with Crippen LogP contribution in [0.3, 0.4) is 0 Å². The van der Waals surface area contributed by atoms with Crippen LogP contribution in [0.4, 0.5) is 0 Å². The van der Waals surface area contributed by atoms with E-state index in [1.807, 2.05) is 18.4 Å². The lowest BCUT2D eigenvalue weighted by molar-refractivity contribution is -0.153. The van der Waals surface area contributed by atoms with Crippen molar-refractivity contribution in [2.45, 2.75) is 69.1 Å². The summed E-state index contributed by atoms with van der Waals surface area (Å²) >= 11 is 1.54. The molecule has 3 aliphatic heterocycles. The van der Waals surface area contributed by atoms with Gasteiger partial charge in [-0.25, -0.2) is 4.98 Å². The molecule has 0 unspecified atom stereocenters. The molecule has 0 radical (unpaired) electrons. The number of thioether (sulfide) groups is 1. The first-order valence-electron chi connectivity index (χ1n) is 10.6. The van der Waals surface area contributed by atoms with Crippen LogP contribution in [0, 0.1) is 23.2 Å². The lowest BCUT2D eigenvalue weighted by Gasteiger charge is -2.56. The van der Waals surface area contributed by atoms with Gasteiger partial charge in [0.05, 0.1) is 11.3 Å². The zero-order valence-corrected chi connectivity index (χ0v) is 17.7. The second-order valence-electron chi connectivity index (χ2n) is 8.54. The second-order valence-corrected chi connectivity index (χ2v) is 9.33. The lowest BCUT2D eigenvalue weighted by atomic mass is 9.71. The Kier molecular flexibility index (Phi) is 5.93. The number of likely N-dealkylation sites (tertiary alicyclic amines) is 1. The number of nitriles is 1. The molecule has 3 aliphatic rings. The molecule has 0 aliphatic carbocycles. The molecule has 6 heteroatoms. The van der Waals surface area contributed by atoms with Crippen LogP contribution in [0.5, 0.6) is 0 Å². The van der Waals surface area contributed by atoms with Gasteiger partial charge in [-0.15, -0.1) is 11.8 Å². The molecule has 0 aromatic carbocycles. The fourth-order valence-electron chi connectivity index (χ4n) is 5.71. The van der Waals surface area contributed by atoms with Crippen LogP contribution >= 0.6 is 11.8 Å². The molecule has 0 spiro atoms. The summed E-state index contributed by atoms with van der Waals surface area (Å²) in [7, 11) is 0. The first kappa shape index (κ1) is 19.7. The van der Waals surface area contributed by atoms with Crippen molar-refractivity contribution in [3.63, 3.8) is 0 Å². The fraction of sp³-hybridized carbons (Fsp3) is 0.682. The molecule has 1 amide bonds. The van der Waals surface area contributed by atoms with Crippen molar-refractivity contribution < 1.29 is 4.79 Å². The Morgan fingerprint density at radius 2 is 2.14 bits per heavy atom. The van der Waals surface area contributed by atoms with E-state index < -0.39 is 0 Å². The van der Waals surface area contributed by atoms with Crippen molar-refractivity contribution in [1.29, 1.82) is 5.26 Å². The van der Waals surface area contributed by atoms with Crippen LogP contribution < -0.4 is 0 Å². The highest BCUT2D eigenvalue weighted by Crippen LogP contribution is 2.43. The highest BCUT2D eigenvalue weighted by Gasteiger charge is 2.48. The Morgan fingerprint density at radius 3 is 2.89 bits per heavy atom. The van der Waals surface area contributed by atoms with Gasteiger partial charge in [0.15, 0.2) is 0 Å². The molecule has 4 rings (SSSR count). The van der Waals surface area contributed by atoms with Gasteiger partial charge in [0.1, 0.15) is 11.1 Å². The number of nitrogens with zero attached hydrogens (tertiary/aromatic N) is 4. The van der Waals surface area contributed by atoms with Crippen LogP contribution in [0.2, 0.25) is 0 Å². The van der Waals surface area contributed by atoms with Crippen molar-refractivity contribution in [3.8, 4) is 6.07 Å². The fourth-order valence-corrected chi connectivity index (χ4v) is 6.25. The highest BCUT2D eigenvalue weighted by atomic mass is 32.2. The number of pyridine rings is 1. The molecular weight excluding hydrogens is 368 g/mol. The SMILES string of the molecule is CCC[C@H]1[C@H]2C[C@H](CN(Cc3ccc(C#N)c(SC)n3)C2)[C@@H]2CCCC(=O)N21. The summed E-state index contributed by atoms with van der Waals surface area (Å²) in [5, 5.41) is 10.1. The Hall–Kier alpha value is -1.58. The maximum atomic E-state index is 12.7. The summed E-state index contributed by atoms with van der Waals surface area (Å²) in [5.41, 5.74) is 1.71. The van der Waals surface area contributed by atoms with Crippen LogP contribution in [-0.2, 0) is 11.3 Å². The average Bonchev–Trinajstić information content (AvgIpc) is 2.71. The number of carbonyl (C=O) groups is 1. The van der Waals surface area contributed by atoms with E-state index in [-0.39, 0.29) is 0 Å². The zero-order chi connectivity index (χ0) is 19.7. The summed E-state index contributed by atoms with van der Waals surface area (Å²) in [6.45, 7) is 5.18. The van der Waals surface area contributed by atoms with Gasteiger partial charge in [0.2, 0.25) is 5.91 Å². The van der Waals surface area contributed by atoms with E-state index in [2.05, 4.69) is 22.8 Å². The highest BCUT2D eigenvalue weighted by molar-refractivity contribution is 7.98. The third-order valence-corrected chi connectivity index (χ3v) is 7.47. The van der Waals surface area contributed by atoms with Crippen LogP contribution in [-0.4, -0.2) is 52.1 Å². The molecule has 1 aromatic heterocycles. The number of fused-ring (bicyclic) bond motifs is 4. The van der Waals surface area contributed by atoms with Gasteiger partial charge in [-0.1, -0.05) is 13.3 Å². The summed E-state index contributed by atoms with van der Waals surface area (Å²) in [4.78, 5) is 22.3. The summed E-state index contributed by atoms with van der Waals surface area (Å²) < 4.78 is 0. The molecule has 1 aromatic rings. The van der Waals surface area contributed by atoms with Gasteiger partial charge < -0.3 is 4.90 Å². The third-order valence-electron chi connectivity index (χ3n) is 6.77. The summed E-state index contributed by atoms with van der Waals surface area (Å²) in [5.74, 6) is 1.57. The van der Waals surface area contributed by atoms with Gasteiger partial charge in [-0.2, -0.15) is 5.26 Å². The largest absolute Gasteiger partial charge is 0.336 e. The Morgan fingerprint density at radius 1 is 1.32 bits per heavy atom. The molecule has 3 saturated heterocycles. The predicted molar refractivity (Wildman–Crippen MR) is 111 cm³/mol. The first-order valence-corrected chi connectivity index (χ1v) is 11.8. The molecule has 28 heavy (non-hydrogen) atoms. The predicted octanol–water partition coefficient (Wildman–Crippen LogP) is 3.68. The van der Waals surface area contributed by atoms with Crippen LogP contribution in [0.25, 0.3) is 0 Å². The lowest BCUT2D eigenvalue weighted by Crippen LogP contribution is -2.64. The van der Waals surface area contributed by atoms with Gasteiger partial charge in [-0.3, -0.25) is 9.69 Å². The van der Waals surface area contributed by atoms with E-state index in [1.165, 1.54) is 24.6 Å². The summed E-state index contributed by atoms with van der Waals surface area (Å²) in [6, 6.07) is 6.99. The van der Waals surface area contributed by atoms with Crippen molar-refractivity contribution in [2.75, 3.05) is 19.3 Å². The van der Waals surface area contributed by atoms with Crippen molar-refractivity contribution in [3.05, 3.63) is 23.4 Å². The maximum absolute atomic E-state index is 12.7. The number of aromatic nitrogens is 1. The molecule has 3 fully saturated rings. The van der Waals surface area contributed by atoms with E-state index in [9.17, 15) is 10.1 Å². The minimum atomic E-state index is 0.399. The Bertz CT molecular complexity index is 776. The maximum Gasteiger partial charge on any atom is 0.223 e. The van der Waals surface area contributed by atoms with E-state index in [4.69, 9.17) is 4.98 Å². The second kappa shape index (κ2) is 8.42. The minimum Gasteiger partial charge on any atom is -0.336 e. The normalized spacial score (nSPS) is 30.0. The summed E-state index contributed by atoms with van der Waals surface area (Å²) in [6.07, 6.45) is 8.47. The van der Waals surface area contributed by atoms with Gasteiger partial charge >= 0.3 is 0 Å². The number of hydrogen-bond donors (Lipinski definition) is 0. The average molecular weight is 399 g/mol. The molecule has 150 valence electrons. The van der Waals surface area contributed by atoms with E-state index in [1.54, 1.807) is 0 Å². The van der Waals surface area contributed by atoms with Gasteiger partial charge in [0, 0.05) is 38.1 Å². The third kappa shape index (κ3) is 3.67. The Labute approximate surface area is 172 Å². The number of piperidine rings is 3. The zero-order valence-electron chi connectivity index (χ0n) is 16.9. The van der Waals surface area contributed by atoms with Crippen LogP contribution in [0.1, 0.15) is 56.7 Å². The van der Waals surface area contributed by atoms with Crippen molar-refractivity contribution in [1.82, 2.24) is 14.8 Å². The van der Waals surface area contributed by atoms with Crippen molar-refractivity contribution in [2.24, 2.45) is 11.8 Å². The topological polar surface area (TPSA) is 60.2 Å². The molecule has 0 N–H and O–H groups in total. The van der Waals surface area contributed by atoms with E-state index in [0.717, 1.165) is 56.0 Å². The van der Waals surface area contributed by atoms with E-state index in [0.29, 0.717) is 35.4 Å². The van der Waals surface area contributed by atoms with Gasteiger partial charge in [0.25, 0.3) is 0 Å². The molecular formula is C22H30N4OS. The van der Waals surface area contributed by atoms with E-state index >= 15 is 0 Å². The monoisotopic (exact) mass is 398 g/mol. The quantitative estimate of drug-likeness (QED) is 0.708. The molecule has 0 saturated carbocycles. The minimum absolute atomic E-state index is 0.399. The number of amides is 1. The molecule has 4 atom stereocenters. The molecule has 4 heterocycles.